The average Bonchev–Trinajstić information content (AvgIpc) is 2.86. The van der Waals surface area contributed by atoms with Gasteiger partial charge in [-0.3, -0.25) is 0 Å². The highest BCUT2D eigenvalue weighted by Crippen LogP contribution is 2.41. The molecule has 34 heavy (non-hydrogen) atoms. The Morgan fingerprint density at radius 3 is 2.15 bits per heavy atom. The van der Waals surface area contributed by atoms with Gasteiger partial charge in [0, 0.05) is 5.56 Å². The molecular weight excluding hydrogens is 424 g/mol. The topological polar surface area (TPSA) is 33.9 Å². The summed E-state index contributed by atoms with van der Waals surface area (Å²) in [4.78, 5) is 2.34. The SMILES string of the molecule is COc1cc(C[N+]2=CN(Cc3cccc(C)c3)c3cccc4cccc2c34)cc(OC)c1OC. The Bertz CT molecular complexity index is 1360. The molecule has 1 heterocycles. The van der Waals surface area contributed by atoms with Crippen LogP contribution in [0.25, 0.3) is 10.8 Å². The van der Waals surface area contributed by atoms with Crippen molar-refractivity contribution in [3.63, 3.8) is 0 Å². The van der Waals surface area contributed by atoms with Gasteiger partial charge in [0.25, 0.3) is 0 Å². The molecule has 1 aliphatic rings. The zero-order valence-electron chi connectivity index (χ0n) is 20.0. The number of anilines is 1. The predicted molar refractivity (Wildman–Crippen MR) is 137 cm³/mol. The quantitative estimate of drug-likeness (QED) is 0.318. The second kappa shape index (κ2) is 9.10. The lowest BCUT2D eigenvalue weighted by Crippen LogP contribution is -2.29. The van der Waals surface area contributed by atoms with Gasteiger partial charge in [-0.05, 0) is 42.1 Å². The van der Waals surface area contributed by atoms with Crippen LogP contribution in [0.4, 0.5) is 11.4 Å². The molecule has 1 aliphatic heterocycles. The molecule has 0 radical (unpaired) electrons. The largest absolute Gasteiger partial charge is 0.493 e. The van der Waals surface area contributed by atoms with Gasteiger partial charge >= 0.3 is 0 Å². The molecule has 4 aromatic carbocycles. The number of hydrogen-bond donors (Lipinski definition) is 0. The van der Waals surface area contributed by atoms with Gasteiger partial charge in [-0.2, -0.15) is 0 Å². The Morgan fingerprint density at radius 2 is 1.47 bits per heavy atom. The van der Waals surface area contributed by atoms with Gasteiger partial charge < -0.3 is 14.2 Å². The Balaban J connectivity index is 1.61. The lowest BCUT2D eigenvalue weighted by molar-refractivity contribution is -0.453. The summed E-state index contributed by atoms with van der Waals surface area (Å²) >= 11 is 0. The van der Waals surface area contributed by atoms with Crippen LogP contribution in [0.1, 0.15) is 16.7 Å². The molecule has 0 aliphatic carbocycles. The number of hydrogen-bond acceptors (Lipinski definition) is 4. The fraction of sp³-hybridized carbons (Fsp3) is 0.207. The van der Waals surface area contributed by atoms with Crippen LogP contribution < -0.4 is 19.1 Å². The van der Waals surface area contributed by atoms with Gasteiger partial charge in [0.1, 0.15) is 24.5 Å². The second-order valence-corrected chi connectivity index (χ2v) is 8.55. The Hall–Kier alpha value is -3.99. The molecule has 0 unspecified atom stereocenters. The highest BCUT2D eigenvalue weighted by atomic mass is 16.5. The summed E-state index contributed by atoms with van der Waals surface area (Å²) < 4.78 is 19.0. The molecule has 0 bridgehead atoms. The lowest BCUT2D eigenvalue weighted by atomic mass is 10.0. The third-order valence-corrected chi connectivity index (χ3v) is 6.27. The normalized spacial score (nSPS) is 12.5. The third kappa shape index (κ3) is 3.94. The van der Waals surface area contributed by atoms with Crippen molar-refractivity contribution in [1.29, 1.82) is 0 Å². The van der Waals surface area contributed by atoms with E-state index in [4.69, 9.17) is 14.2 Å². The number of nitrogens with zero attached hydrogens (tertiary/aromatic N) is 2. The van der Waals surface area contributed by atoms with Crippen LogP contribution in [0.2, 0.25) is 0 Å². The number of methoxy groups -OCH3 is 3. The van der Waals surface area contributed by atoms with E-state index in [1.54, 1.807) is 21.3 Å². The standard InChI is InChI=1S/C29H29N2O3/c1-20-8-5-9-21(14-20)17-30-19-31(25-13-7-11-23-10-6-12-24(30)28(23)25)18-22-15-26(32-2)29(34-4)27(16-22)33-3/h5-16,19H,17-18H2,1-4H3/q+1. The number of ether oxygens (including phenoxy) is 3. The maximum Gasteiger partial charge on any atom is 0.245 e. The van der Waals surface area contributed by atoms with E-state index in [2.05, 4.69) is 83.4 Å². The van der Waals surface area contributed by atoms with Crippen LogP contribution in [-0.2, 0) is 13.1 Å². The molecule has 5 nitrogen and oxygen atoms in total. The van der Waals surface area contributed by atoms with Crippen molar-refractivity contribution in [2.45, 2.75) is 20.0 Å². The van der Waals surface area contributed by atoms with Crippen LogP contribution in [-0.4, -0.2) is 32.2 Å². The van der Waals surface area contributed by atoms with E-state index in [9.17, 15) is 0 Å². The first-order valence-electron chi connectivity index (χ1n) is 11.4. The van der Waals surface area contributed by atoms with Crippen molar-refractivity contribution < 1.29 is 18.8 Å². The Morgan fingerprint density at radius 1 is 0.765 bits per heavy atom. The van der Waals surface area contributed by atoms with E-state index in [0.29, 0.717) is 23.8 Å². The van der Waals surface area contributed by atoms with Crippen molar-refractivity contribution in [3.8, 4) is 17.2 Å². The van der Waals surface area contributed by atoms with Gasteiger partial charge in [-0.1, -0.05) is 54.1 Å². The molecule has 0 saturated carbocycles. The van der Waals surface area contributed by atoms with E-state index in [1.807, 2.05) is 12.1 Å². The summed E-state index contributed by atoms with van der Waals surface area (Å²) in [5.41, 5.74) is 6.01. The molecule has 0 amide bonds. The maximum atomic E-state index is 5.59. The minimum absolute atomic E-state index is 0.602. The summed E-state index contributed by atoms with van der Waals surface area (Å²) in [6, 6.07) is 25.7. The van der Waals surface area contributed by atoms with Gasteiger partial charge in [-0.25, -0.2) is 9.48 Å². The van der Waals surface area contributed by atoms with Gasteiger partial charge in [0.2, 0.25) is 12.1 Å². The van der Waals surface area contributed by atoms with Crippen LogP contribution in [0.5, 0.6) is 17.2 Å². The smallest absolute Gasteiger partial charge is 0.245 e. The average molecular weight is 454 g/mol. The van der Waals surface area contributed by atoms with Gasteiger partial charge in [0.05, 0.1) is 26.7 Å². The highest BCUT2D eigenvalue weighted by Gasteiger charge is 2.27. The zero-order valence-corrected chi connectivity index (χ0v) is 20.0. The van der Waals surface area contributed by atoms with Crippen molar-refractivity contribution >= 4 is 28.5 Å². The summed E-state index contributed by atoms with van der Waals surface area (Å²) in [5, 5.41) is 2.49. The van der Waals surface area contributed by atoms with Crippen molar-refractivity contribution in [2.24, 2.45) is 0 Å². The van der Waals surface area contributed by atoms with Crippen LogP contribution in [0.15, 0.2) is 72.8 Å². The van der Waals surface area contributed by atoms with E-state index in [0.717, 1.165) is 12.1 Å². The Labute approximate surface area is 200 Å². The van der Waals surface area contributed by atoms with E-state index in [1.165, 1.54) is 33.3 Å². The minimum Gasteiger partial charge on any atom is -0.493 e. The summed E-state index contributed by atoms with van der Waals surface area (Å²) in [6.07, 6.45) is 2.21. The van der Waals surface area contributed by atoms with Gasteiger partial charge in [-0.15, -0.1) is 0 Å². The molecule has 0 aromatic heterocycles. The summed E-state index contributed by atoms with van der Waals surface area (Å²) in [5.74, 6) is 1.91. The summed E-state index contributed by atoms with van der Waals surface area (Å²) in [6.45, 7) is 3.59. The first kappa shape index (κ1) is 21.8. The van der Waals surface area contributed by atoms with Crippen LogP contribution in [0.3, 0.4) is 0 Å². The molecule has 5 heteroatoms. The molecular formula is C29H29N2O3+. The fourth-order valence-electron chi connectivity index (χ4n) is 4.76. The fourth-order valence-corrected chi connectivity index (χ4v) is 4.76. The Kier molecular flexibility index (Phi) is 5.84. The first-order chi connectivity index (χ1) is 16.6. The number of rotatable bonds is 7. The predicted octanol–water partition coefficient (Wildman–Crippen LogP) is 6.07. The molecule has 0 N–H and O–H groups in total. The van der Waals surface area contributed by atoms with E-state index in [-0.39, 0.29) is 0 Å². The van der Waals surface area contributed by atoms with E-state index < -0.39 is 0 Å². The van der Waals surface area contributed by atoms with Crippen molar-refractivity contribution in [1.82, 2.24) is 0 Å². The van der Waals surface area contributed by atoms with Crippen molar-refractivity contribution in [3.05, 3.63) is 89.5 Å². The minimum atomic E-state index is 0.602. The lowest BCUT2D eigenvalue weighted by Gasteiger charge is -2.24. The molecule has 0 spiro atoms. The first-order valence-corrected chi connectivity index (χ1v) is 11.4. The van der Waals surface area contributed by atoms with Gasteiger partial charge in [0.15, 0.2) is 11.5 Å². The monoisotopic (exact) mass is 453 g/mol. The summed E-state index contributed by atoms with van der Waals surface area (Å²) in [7, 11) is 4.92. The molecule has 0 atom stereocenters. The van der Waals surface area contributed by atoms with E-state index >= 15 is 0 Å². The molecule has 0 fully saturated rings. The maximum absolute atomic E-state index is 5.59. The van der Waals surface area contributed by atoms with Crippen LogP contribution >= 0.6 is 0 Å². The molecule has 0 saturated heterocycles. The molecule has 4 aromatic rings. The third-order valence-electron chi connectivity index (χ3n) is 6.27. The number of benzene rings is 4. The zero-order chi connectivity index (χ0) is 23.7. The van der Waals surface area contributed by atoms with Crippen LogP contribution in [0, 0.1) is 6.92 Å². The molecule has 5 rings (SSSR count). The van der Waals surface area contributed by atoms with Crippen molar-refractivity contribution in [2.75, 3.05) is 26.2 Å². The molecule has 172 valence electrons. The number of aryl methyl sites for hydroxylation is 1. The second-order valence-electron chi connectivity index (χ2n) is 8.55. The highest BCUT2D eigenvalue weighted by molar-refractivity contribution is 6.06.